The number of pyridine rings is 1. The van der Waals surface area contributed by atoms with E-state index in [1.165, 1.54) is 10.5 Å². The van der Waals surface area contributed by atoms with Crippen LogP contribution in [0.15, 0.2) is 47.5 Å². The van der Waals surface area contributed by atoms with Gasteiger partial charge in [-0.3, -0.25) is 4.79 Å². The van der Waals surface area contributed by atoms with Crippen LogP contribution in [0, 0.1) is 31.6 Å². The second-order valence-electron chi connectivity index (χ2n) is 8.89. The number of nitrogens with zero attached hydrogens (tertiary/aromatic N) is 2. The Bertz CT molecular complexity index is 872. The van der Waals surface area contributed by atoms with Gasteiger partial charge in [-0.2, -0.15) is 0 Å². The van der Waals surface area contributed by atoms with Gasteiger partial charge in [0.1, 0.15) is 6.61 Å². The van der Waals surface area contributed by atoms with Gasteiger partial charge in [-0.05, 0) is 69.7 Å². The standard InChI is InChI=1S/C23H29N3O2S/c1-15-7-9-17(10-8-15)29-26-12-18-19(13-26)20(18)21(27)25-23(3,4)14-28-22-16(2)6-5-11-24-22/h5-11,18-20H,12-14H2,1-4H3,(H,25,27). The summed E-state index contributed by atoms with van der Waals surface area (Å²) < 4.78 is 8.24. The largest absolute Gasteiger partial charge is 0.475 e. The Morgan fingerprint density at radius 2 is 1.90 bits per heavy atom. The number of hydrogen-bond donors (Lipinski definition) is 1. The zero-order chi connectivity index (χ0) is 20.6. The number of carbonyl (C=O) groups excluding carboxylic acids is 1. The van der Waals surface area contributed by atoms with Crippen molar-refractivity contribution >= 4 is 17.9 Å². The minimum absolute atomic E-state index is 0.140. The SMILES string of the molecule is Cc1ccc(SN2CC3C(C2)C3C(=O)NC(C)(C)COc2ncccc2C)cc1. The highest BCUT2D eigenvalue weighted by atomic mass is 32.2. The lowest BCUT2D eigenvalue weighted by Gasteiger charge is -2.27. The van der Waals surface area contributed by atoms with Gasteiger partial charge < -0.3 is 10.1 Å². The summed E-state index contributed by atoms with van der Waals surface area (Å²) in [4.78, 5) is 18.3. The van der Waals surface area contributed by atoms with Crippen LogP contribution in [-0.2, 0) is 4.79 Å². The van der Waals surface area contributed by atoms with Crippen molar-refractivity contribution in [2.24, 2.45) is 17.8 Å². The van der Waals surface area contributed by atoms with Crippen molar-refractivity contribution < 1.29 is 9.53 Å². The summed E-state index contributed by atoms with van der Waals surface area (Å²) in [5.74, 6) is 1.87. The third kappa shape index (κ3) is 4.75. The maximum Gasteiger partial charge on any atom is 0.224 e. The fourth-order valence-corrected chi connectivity index (χ4v) is 5.07. The van der Waals surface area contributed by atoms with Gasteiger partial charge in [0.05, 0.1) is 5.54 Å². The maximum atomic E-state index is 12.8. The molecule has 2 aliphatic rings. The lowest BCUT2D eigenvalue weighted by atomic mass is 10.1. The highest BCUT2D eigenvalue weighted by Crippen LogP contribution is 2.54. The number of piperidine rings is 1. The van der Waals surface area contributed by atoms with Crippen molar-refractivity contribution in [1.82, 2.24) is 14.6 Å². The number of rotatable bonds is 7. The van der Waals surface area contributed by atoms with Crippen LogP contribution in [0.4, 0.5) is 0 Å². The molecule has 2 heterocycles. The van der Waals surface area contributed by atoms with E-state index in [9.17, 15) is 4.79 Å². The normalized spacial score (nSPS) is 23.5. The number of aromatic nitrogens is 1. The summed E-state index contributed by atoms with van der Waals surface area (Å²) in [5.41, 5.74) is 1.84. The molecule has 1 aliphatic heterocycles. The first-order chi connectivity index (χ1) is 13.8. The molecular formula is C23H29N3O2S. The van der Waals surface area contributed by atoms with E-state index in [1.54, 1.807) is 18.1 Å². The zero-order valence-corrected chi connectivity index (χ0v) is 18.3. The fraction of sp³-hybridized carbons (Fsp3) is 0.478. The number of fused-ring (bicyclic) bond motifs is 1. The van der Waals surface area contributed by atoms with Crippen LogP contribution < -0.4 is 10.1 Å². The van der Waals surface area contributed by atoms with Gasteiger partial charge >= 0.3 is 0 Å². The molecule has 0 spiro atoms. The van der Waals surface area contributed by atoms with E-state index in [2.05, 4.69) is 45.8 Å². The molecule has 1 saturated heterocycles. The smallest absolute Gasteiger partial charge is 0.224 e. The van der Waals surface area contributed by atoms with E-state index in [1.807, 2.05) is 32.9 Å². The minimum atomic E-state index is -0.436. The van der Waals surface area contributed by atoms with Gasteiger partial charge in [-0.1, -0.05) is 23.8 Å². The molecule has 2 atom stereocenters. The monoisotopic (exact) mass is 411 g/mol. The first-order valence-corrected chi connectivity index (χ1v) is 11.0. The second kappa shape index (κ2) is 8.00. The Morgan fingerprint density at radius 3 is 2.55 bits per heavy atom. The molecule has 1 aromatic heterocycles. The van der Waals surface area contributed by atoms with Crippen molar-refractivity contribution in [3.63, 3.8) is 0 Å². The molecular weight excluding hydrogens is 382 g/mol. The molecule has 4 rings (SSSR count). The number of benzene rings is 1. The summed E-state index contributed by atoms with van der Waals surface area (Å²) in [7, 11) is 0. The van der Waals surface area contributed by atoms with E-state index in [4.69, 9.17) is 4.74 Å². The van der Waals surface area contributed by atoms with Crippen LogP contribution in [-0.4, -0.2) is 40.4 Å². The third-order valence-electron chi connectivity index (χ3n) is 5.71. The first kappa shape index (κ1) is 20.2. The molecule has 154 valence electrons. The number of hydrogen-bond acceptors (Lipinski definition) is 5. The third-order valence-corrected chi connectivity index (χ3v) is 6.75. The van der Waals surface area contributed by atoms with Crippen LogP contribution in [0.1, 0.15) is 25.0 Å². The summed E-state index contributed by atoms with van der Waals surface area (Å²) in [6.45, 7) is 10.4. The topological polar surface area (TPSA) is 54.5 Å². The second-order valence-corrected chi connectivity index (χ2v) is 10.1. The fourth-order valence-electron chi connectivity index (χ4n) is 4.02. The molecule has 1 aliphatic carbocycles. The average molecular weight is 412 g/mol. The maximum absolute atomic E-state index is 12.8. The molecule has 6 heteroatoms. The average Bonchev–Trinajstić information content (AvgIpc) is 3.19. The van der Waals surface area contributed by atoms with Gasteiger partial charge in [0.25, 0.3) is 0 Å². The van der Waals surface area contributed by atoms with E-state index in [0.717, 1.165) is 18.7 Å². The van der Waals surface area contributed by atoms with Gasteiger partial charge in [0, 0.05) is 35.7 Å². The van der Waals surface area contributed by atoms with Gasteiger partial charge in [-0.15, -0.1) is 0 Å². The molecule has 1 saturated carbocycles. The highest BCUT2D eigenvalue weighted by molar-refractivity contribution is 7.97. The summed E-state index contributed by atoms with van der Waals surface area (Å²) in [5, 5.41) is 3.19. The summed E-state index contributed by atoms with van der Waals surface area (Å²) in [6.07, 6.45) is 1.72. The lowest BCUT2D eigenvalue weighted by Crippen LogP contribution is -2.49. The molecule has 29 heavy (non-hydrogen) atoms. The molecule has 0 radical (unpaired) electrons. The number of carbonyl (C=O) groups is 1. The number of amides is 1. The quantitative estimate of drug-likeness (QED) is 0.701. The predicted molar refractivity (Wildman–Crippen MR) is 116 cm³/mol. The molecule has 1 N–H and O–H groups in total. The van der Waals surface area contributed by atoms with E-state index >= 15 is 0 Å². The Hall–Kier alpha value is -2.05. The Balaban J connectivity index is 1.24. The Labute approximate surface area is 177 Å². The lowest BCUT2D eigenvalue weighted by molar-refractivity contribution is -0.125. The summed E-state index contributed by atoms with van der Waals surface area (Å²) in [6, 6.07) is 12.5. The van der Waals surface area contributed by atoms with Crippen LogP contribution in [0.2, 0.25) is 0 Å². The van der Waals surface area contributed by atoms with Crippen LogP contribution in [0.3, 0.4) is 0 Å². The number of ether oxygens (including phenoxy) is 1. The molecule has 1 amide bonds. The van der Waals surface area contributed by atoms with E-state index in [-0.39, 0.29) is 11.8 Å². The van der Waals surface area contributed by atoms with E-state index < -0.39 is 5.54 Å². The van der Waals surface area contributed by atoms with E-state index in [0.29, 0.717) is 24.3 Å². The van der Waals surface area contributed by atoms with Crippen LogP contribution in [0.25, 0.3) is 0 Å². The van der Waals surface area contributed by atoms with Crippen molar-refractivity contribution in [2.45, 2.75) is 38.1 Å². The molecule has 2 unspecified atom stereocenters. The van der Waals surface area contributed by atoms with Gasteiger partial charge in [0.2, 0.25) is 11.8 Å². The summed E-state index contributed by atoms with van der Waals surface area (Å²) >= 11 is 1.80. The Morgan fingerprint density at radius 1 is 1.21 bits per heavy atom. The van der Waals surface area contributed by atoms with Crippen LogP contribution >= 0.6 is 11.9 Å². The molecule has 2 fully saturated rings. The van der Waals surface area contributed by atoms with Crippen molar-refractivity contribution in [3.8, 4) is 5.88 Å². The molecule has 2 aromatic rings. The van der Waals surface area contributed by atoms with Crippen LogP contribution in [0.5, 0.6) is 5.88 Å². The van der Waals surface area contributed by atoms with Gasteiger partial charge in [0.15, 0.2) is 0 Å². The number of aryl methyl sites for hydroxylation is 2. The molecule has 0 bridgehead atoms. The predicted octanol–water partition coefficient (Wildman–Crippen LogP) is 3.86. The van der Waals surface area contributed by atoms with Gasteiger partial charge in [-0.25, -0.2) is 9.29 Å². The highest BCUT2D eigenvalue weighted by Gasteiger charge is 2.59. The molecule has 1 aromatic carbocycles. The van der Waals surface area contributed by atoms with Crippen molar-refractivity contribution in [3.05, 3.63) is 53.7 Å². The Kier molecular flexibility index (Phi) is 5.58. The van der Waals surface area contributed by atoms with Crippen molar-refractivity contribution in [1.29, 1.82) is 0 Å². The zero-order valence-electron chi connectivity index (χ0n) is 17.5. The minimum Gasteiger partial charge on any atom is -0.475 e. The first-order valence-electron chi connectivity index (χ1n) is 10.2. The number of nitrogens with one attached hydrogen (secondary N) is 1. The molecule has 5 nitrogen and oxygen atoms in total. The van der Waals surface area contributed by atoms with Crippen molar-refractivity contribution in [2.75, 3.05) is 19.7 Å².